The van der Waals surface area contributed by atoms with E-state index in [4.69, 9.17) is 4.74 Å². The summed E-state index contributed by atoms with van der Waals surface area (Å²) in [6.07, 6.45) is -4.35. The van der Waals surface area contributed by atoms with Gasteiger partial charge in [0.25, 0.3) is 0 Å². The molecule has 2 aliphatic heterocycles. The van der Waals surface area contributed by atoms with E-state index in [9.17, 15) is 18.0 Å². The third-order valence-electron chi connectivity index (χ3n) is 6.19. The van der Waals surface area contributed by atoms with E-state index < -0.39 is 17.8 Å². The molecule has 2 aromatic rings. The number of benzene rings is 2. The zero-order valence-corrected chi connectivity index (χ0v) is 18.7. The van der Waals surface area contributed by atoms with E-state index in [1.165, 1.54) is 12.1 Å². The number of hydrogen-bond donors (Lipinski definition) is 3. The van der Waals surface area contributed by atoms with Crippen LogP contribution in [-0.4, -0.2) is 50.8 Å². The number of alkyl halides is 3. The van der Waals surface area contributed by atoms with Crippen LogP contribution < -0.4 is 16.0 Å². The van der Waals surface area contributed by atoms with Crippen LogP contribution in [-0.2, 0) is 10.9 Å². The molecule has 4 unspecified atom stereocenters. The van der Waals surface area contributed by atoms with E-state index in [1.807, 2.05) is 49.3 Å². The number of urea groups is 1. The highest BCUT2D eigenvalue weighted by Gasteiger charge is 2.44. The summed E-state index contributed by atoms with van der Waals surface area (Å²) in [6.45, 7) is 1.47. The summed E-state index contributed by atoms with van der Waals surface area (Å²) in [5, 5.41) is 9.21. The lowest BCUT2D eigenvalue weighted by Crippen LogP contribution is -2.51. The van der Waals surface area contributed by atoms with Gasteiger partial charge in [-0.3, -0.25) is 0 Å². The first kappa shape index (κ1) is 23.4. The van der Waals surface area contributed by atoms with Gasteiger partial charge in [-0.2, -0.15) is 13.2 Å². The molecule has 0 spiro atoms. The summed E-state index contributed by atoms with van der Waals surface area (Å²) in [6, 6.07) is 12.9. The molecule has 2 aromatic carbocycles. The Hall–Kier alpha value is -2.78. The van der Waals surface area contributed by atoms with Crippen molar-refractivity contribution in [3.05, 3.63) is 65.2 Å². The van der Waals surface area contributed by atoms with Gasteiger partial charge >= 0.3 is 12.2 Å². The predicted octanol–water partition coefficient (Wildman–Crippen LogP) is 4.18. The van der Waals surface area contributed by atoms with Gasteiger partial charge in [0, 0.05) is 30.3 Å². The Morgan fingerprint density at radius 2 is 1.94 bits per heavy atom. The molecule has 178 valence electrons. The molecule has 1 saturated heterocycles. The highest BCUT2D eigenvalue weighted by atomic mass is 19.4. The molecule has 0 radical (unpaired) electrons. The standard InChI is InChI=1S/C24H29F3N4O2/c1-31(2)11-10-28-23(32)29-17-13-19-21(15-6-4-3-5-7-15)30-20-9-8-16(24(25,26)27)12-18(20)22(19)33-14-17/h3-9,12,17,19,21-22,30H,10-11,13-14H2,1-2H3,(H2,28,29,32). The molecule has 1 fully saturated rings. The highest BCUT2D eigenvalue weighted by molar-refractivity contribution is 5.74. The van der Waals surface area contributed by atoms with Gasteiger partial charge in [0.1, 0.15) is 0 Å². The summed E-state index contributed by atoms with van der Waals surface area (Å²) >= 11 is 0. The predicted molar refractivity (Wildman–Crippen MR) is 120 cm³/mol. The smallest absolute Gasteiger partial charge is 0.378 e. The average molecular weight is 463 g/mol. The molecular formula is C24H29F3N4O2. The second kappa shape index (κ2) is 9.61. The van der Waals surface area contributed by atoms with Crippen LogP contribution in [0.15, 0.2) is 48.5 Å². The second-order valence-electron chi connectivity index (χ2n) is 8.89. The number of likely N-dealkylation sites (N-methyl/N-ethyl adjacent to an activating group) is 1. The molecule has 2 heterocycles. The summed E-state index contributed by atoms with van der Waals surface area (Å²) in [5.74, 6) is -0.149. The third-order valence-corrected chi connectivity index (χ3v) is 6.19. The van der Waals surface area contributed by atoms with E-state index >= 15 is 0 Å². The van der Waals surface area contributed by atoms with Crippen LogP contribution >= 0.6 is 0 Å². The first-order valence-electron chi connectivity index (χ1n) is 11.1. The van der Waals surface area contributed by atoms with E-state index in [0.29, 0.717) is 24.2 Å². The Labute approximate surface area is 191 Å². The molecule has 2 amide bonds. The van der Waals surface area contributed by atoms with E-state index in [0.717, 1.165) is 18.2 Å². The first-order chi connectivity index (χ1) is 15.7. The fourth-order valence-corrected chi connectivity index (χ4v) is 4.60. The number of halogens is 3. The lowest BCUT2D eigenvalue weighted by atomic mass is 9.76. The van der Waals surface area contributed by atoms with E-state index in [-0.39, 0.29) is 30.6 Å². The Balaban J connectivity index is 1.56. The topological polar surface area (TPSA) is 65.6 Å². The first-order valence-corrected chi connectivity index (χ1v) is 11.1. The van der Waals surface area contributed by atoms with Crippen molar-refractivity contribution in [1.29, 1.82) is 0 Å². The van der Waals surface area contributed by atoms with E-state index in [1.54, 1.807) is 0 Å². The van der Waals surface area contributed by atoms with Gasteiger partial charge in [0.15, 0.2) is 0 Å². The van der Waals surface area contributed by atoms with Crippen LogP contribution in [0.5, 0.6) is 0 Å². The number of anilines is 1. The molecule has 4 atom stereocenters. The van der Waals surface area contributed by atoms with Crippen molar-refractivity contribution in [3.8, 4) is 0 Å². The van der Waals surface area contributed by atoms with Crippen LogP contribution in [0.4, 0.5) is 23.7 Å². The number of ether oxygens (including phenoxy) is 1. The summed E-state index contributed by atoms with van der Waals surface area (Å²) < 4.78 is 46.2. The molecule has 0 bridgehead atoms. The van der Waals surface area contributed by atoms with Gasteiger partial charge < -0.3 is 25.6 Å². The van der Waals surface area contributed by atoms with Crippen LogP contribution in [0.3, 0.4) is 0 Å². The zero-order valence-electron chi connectivity index (χ0n) is 18.7. The number of hydrogen-bond acceptors (Lipinski definition) is 4. The minimum absolute atomic E-state index is 0.149. The monoisotopic (exact) mass is 462 g/mol. The van der Waals surface area contributed by atoms with Crippen LogP contribution in [0, 0.1) is 5.92 Å². The third kappa shape index (κ3) is 5.42. The van der Waals surface area contributed by atoms with Crippen molar-refractivity contribution >= 4 is 11.7 Å². The van der Waals surface area contributed by atoms with Crippen molar-refractivity contribution in [2.24, 2.45) is 5.92 Å². The van der Waals surface area contributed by atoms with Gasteiger partial charge in [-0.15, -0.1) is 0 Å². The lowest BCUT2D eigenvalue weighted by Gasteiger charge is -2.45. The van der Waals surface area contributed by atoms with Gasteiger partial charge in [0.05, 0.1) is 30.4 Å². The Kier molecular flexibility index (Phi) is 6.81. The Bertz CT molecular complexity index is 968. The maximum Gasteiger partial charge on any atom is 0.416 e. The molecule has 9 heteroatoms. The molecule has 0 saturated carbocycles. The van der Waals surface area contributed by atoms with Crippen molar-refractivity contribution < 1.29 is 22.7 Å². The number of amides is 2. The fraction of sp³-hybridized carbons (Fsp3) is 0.458. The fourth-order valence-electron chi connectivity index (χ4n) is 4.60. The van der Waals surface area contributed by atoms with Crippen LogP contribution in [0.2, 0.25) is 0 Å². The number of carbonyl (C=O) groups is 1. The normalized spacial score (nSPS) is 24.4. The van der Waals surface area contributed by atoms with Gasteiger partial charge in [0.2, 0.25) is 0 Å². The largest absolute Gasteiger partial charge is 0.416 e. The van der Waals surface area contributed by atoms with Crippen LogP contribution in [0.25, 0.3) is 0 Å². The molecule has 6 nitrogen and oxygen atoms in total. The lowest BCUT2D eigenvalue weighted by molar-refractivity contribution is -0.137. The highest BCUT2D eigenvalue weighted by Crippen LogP contribution is 2.50. The van der Waals surface area contributed by atoms with E-state index in [2.05, 4.69) is 16.0 Å². The molecule has 3 N–H and O–H groups in total. The maximum absolute atomic E-state index is 13.4. The Morgan fingerprint density at radius 3 is 2.64 bits per heavy atom. The average Bonchev–Trinajstić information content (AvgIpc) is 2.77. The Morgan fingerprint density at radius 1 is 1.18 bits per heavy atom. The minimum Gasteiger partial charge on any atom is -0.378 e. The van der Waals surface area contributed by atoms with Crippen molar-refractivity contribution in [1.82, 2.24) is 15.5 Å². The van der Waals surface area contributed by atoms with Crippen molar-refractivity contribution in [2.75, 3.05) is 39.1 Å². The van der Waals surface area contributed by atoms with Crippen molar-refractivity contribution in [2.45, 2.75) is 30.8 Å². The molecule has 33 heavy (non-hydrogen) atoms. The number of nitrogens with one attached hydrogen (secondary N) is 3. The molecular weight excluding hydrogens is 433 g/mol. The summed E-state index contributed by atoms with van der Waals surface area (Å²) in [5.41, 5.74) is 1.49. The molecule has 4 rings (SSSR count). The minimum atomic E-state index is -4.43. The van der Waals surface area contributed by atoms with Gasteiger partial charge in [-0.1, -0.05) is 30.3 Å². The van der Waals surface area contributed by atoms with Crippen LogP contribution in [0.1, 0.15) is 35.3 Å². The van der Waals surface area contributed by atoms with Gasteiger partial charge in [-0.25, -0.2) is 4.79 Å². The maximum atomic E-state index is 13.4. The molecule has 0 aromatic heterocycles. The summed E-state index contributed by atoms with van der Waals surface area (Å²) in [7, 11) is 3.85. The summed E-state index contributed by atoms with van der Waals surface area (Å²) in [4.78, 5) is 14.3. The molecule has 0 aliphatic carbocycles. The molecule has 2 aliphatic rings. The number of rotatable bonds is 5. The SMILES string of the molecule is CN(C)CCNC(=O)NC1COC2c3cc(C(F)(F)F)ccc3NC(c3ccccc3)C2C1. The van der Waals surface area contributed by atoms with Crippen molar-refractivity contribution in [3.63, 3.8) is 0 Å². The number of fused-ring (bicyclic) bond motifs is 3. The number of carbonyl (C=O) groups excluding carboxylic acids is 1. The quantitative estimate of drug-likeness (QED) is 0.624. The zero-order chi connectivity index (χ0) is 23.6. The van der Waals surface area contributed by atoms with Gasteiger partial charge in [-0.05, 0) is 44.3 Å². The number of nitrogens with zero attached hydrogens (tertiary/aromatic N) is 1. The second-order valence-corrected chi connectivity index (χ2v) is 8.89.